The van der Waals surface area contributed by atoms with Gasteiger partial charge in [0.05, 0.1) is 18.3 Å². The van der Waals surface area contributed by atoms with Gasteiger partial charge >= 0.3 is 5.97 Å². The van der Waals surface area contributed by atoms with E-state index < -0.39 is 5.97 Å². The lowest BCUT2D eigenvalue weighted by atomic mass is 10.2. The van der Waals surface area contributed by atoms with Crippen molar-refractivity contribution >= 4 is 50.4 Å². The summed E-state index contributed by atoms with van der Waals surface area (Å²) in [5.41, 5.74) is 1.05. The smallest absolute Gasteiger partial charge is 0.325 e. The third-order valence-corrected chi connectivity index (χ3v) is 3.92. The fourth-order valence-electron chi connectivity index (χ4n) is 1.57. The van der Waals surface area contributed by atoms with E-state index in [0.717, 1.165) is 8.04 Å². The molecule has 0 unspecified atom stereocenters. The molecule has 2 aromatic rings. The Morgan fingerprint density at radius 1 is 1.43 bits per heavy atom. The third-order valence-electron chi connectivity index (χ3n) is 2.49. The van der Waals surface area contributed by atoms with Gasteiger partial charge < -0.3 is 10.4 Å². The van der Waals surface area contributed by atoms with Crippen LogP contribution in [-0.4, -0.2) is 32.0 Å². The highest BCUT2D eigenvalue weighted by atomic mass is 127. The summed E-state index contributed by atoms with van der Waals surface area (Å²) in [6.07, 6.45) is 1.49. The topological polar surface area (TPSA) is 97.1 Å². The van der Waals surface area contributed by atoms with Crippen molar-refractivity contribution in [1.82, 2.24) is 20.3 Å². The highest BCUT2D eigenvalue weighted by Crippen LogP contribution is 2.18. The fraction of sp³-hybridized carbons (Fsp3) is 0.167. The van der Waals surface area contributed by atoms with Gasteiger partial charge in [0.25, 0.3) is 5.91 Å². The fourth-order valence-corrected chi connectivity index (χ4v) is 2.51. The van der Waals surface area contributed by atoms with Crippen molar-refractivity contribution in [2.24, 2.45) is 0 Å². The lowest BCUT2D eigenvalue weighted by Crippen LogP contribution is -2.23. The molecule has 1 aromatic carbocycles. The minimum absolute atomic E-state index is 0.182. The lowest BCUT2D eigenvalue weighted by molar-refractivity contribution is -0.137. The van der Waals surface area contributed by atoms with Crippen LogP contribution >= 0.6 is 38.5 Å². The van der Waals surface area contributed by atoms with E-state index in [9.17, 15) is 9.59 Å². The predicted octanol–water partition coefficient (Wildman–Crippen LogP) is 1.66. The highest BCUT2D eigenvalue weighted by molar-refractivity contribution is 14.1. The zero-order valence-electron chi connectivity index (χ0n) is 10.6. The number of carbonyl (C=O) groups excluding carboxylic acids is 1. The molecule has 0 bridgehead atoms. The van der Waals surface area contributed by atoms with Crippen LogP contribution in [0.25, 0.3) is 0 Å². The minimum Gasteiger partial charge on any atom is -0.480 e. The van der Waals surface area contributed by atoms with Crippen LogP contribution in [0, 0.1) is 3.57 Å². The molecule has 0 radical (unpaired) electrons. The van der Waals surface area contributed by atoms with Crippen LogP contribution in [-0.2, 0) is 17.9 Å². The number of rotatable bonds is 5. The summed E-state index contributed by atoms with van der Waals surface area (Å²) in [5.74, 6) is -1.23. The van der Waals surface area contributed by atoms with Gasteiger partial charge in [0.1, 0.15) is 12.2 Å². The van der Waals surface area contributed by atoms with E-state index in [-0.39, 0.29) is 19.0 Å². The molecule has 9 heteroatoms. The van der Waals surface area contributed by atoms with Gasteiger partial charge in [-0.2, -0.15) is 0 Å². The SMILES string of the molecule is O=C(O)Cn1cc(CNC(=O)c2cc(Br)ccc2I)nn1. The maximum absolute atomic E-state index is 12.1. The average Bonchev–Trinajstić information content (AvgIpc) is 2.85. The number of nitrogens with zero attached hydrogens (tertiary/aromatic N) is 3. The summed E-state index contributed by atoms with van der Waals surface area (Å²) < 4.78 is 2.86. The van der Waals surface area contributed by atoms with Crippen molar-refractivity contribution in [2.45, 2.75) is 13.1 Å². The van der Waals surface area contributed by atoms with Crippen LogP contribution < -0.4 is 5.32 Å². The molecule has 2 rings (SSSR count). The Labute approximate surface area is 142 Å². The summed E-state index contributed by atoms with van der Waals surface area (Å²) in [6.45, 7) is -0.0779. The van der Waals surface area contributed by atoms with Crippen LogP contribution in [0.4, 0.5) is 0 Å². The van der Waals surface area contributed by atoms with Crippen molar-refractivity contribution in [3.05, 3.63) is 43.7 Å². The first-order valence-electron chi connectivity index (χ1n) is 5.80. The normalized spacial score (nSPS) is 10.4. The third kappa shape index (κ3) is 4.49. The van der Waals surface area contributed by atoms with E-state index in [1.165, 1.54) is 10.9 Å². The Morgan fingerprint density at radius 2 is 2.19 bits per heavy atom. The summed E-state index contributed by atoms with van der Waals surface area (Å²) in [7, 11) is 0. The van der Waals surface area contributed by atoms with E-state index in [0.29, 0.717) is 11.3 Å². The van der Waals surface area contributed by atoms with Gasteiger partial charge in [-0.1, -0.05) is 21.1 Å². The lowest BCUT2D eigenvalue weighted by Gasteiger charge is -2.05. The van der Waals surface area contributed by atoms with Crippen molar-refractivity contribution in [3.8, 4) is 0 Å². The molecule has 0 aliphatic rings. The van der Waals surface area contributed by atoms with Crippen LogP contribution in [0.2, 0.25) is 0 Å². The Bertz CT molecular complexity index is 689. The Morgan fingerprint density at radius 3 is 2.90 bits per heavy atom. The van der Waals surface area contributed by atoms with Gasteiger partial charge in [-0.05, 0) is 40.8 Å². The van der Waals surface area contributed by atoms with Gasteiger partial charge in [0.15, 0.2) is 0 Å². The van der Waals surface area contributed by atoms with Crippen LogP contribution in [0.15, 0.2) is 28.9 Å². The van der Waals surface area contributed by atoms with Crippen LogP contribution in [0.1, 0.15) is 16.1 Å². The van der Waals surface area contributed by atoms with E-state index in [4.69, 9.17) is 5.11 Å². The summed E-state index contributed by atoms with van der Waals surface area (Å²) in [4.78, 5) is 22.6. The summed E-state index contributed by atoms with van der Waals surface area (Å²) in [5, 5.41) is 18.8. The quantitative estimate of drug-likeness (QED) is 0.656. The number of carboxylic acids is 1. The molecule has 0 atom stereocenters. The van der Waals surface area contributed by atoms with E-state index in [2.05, 4.69) is 54.1 Å². The number of aliphatic carboxylic acids is 1. The maximum atomic E-state index is 12.1. The molecule has 110 valence electrons. The number of halogens is 2. The molecule has 0 aliphatic heterocycles. The largest absolute Gasteiger partial charge is 0.480 e. The number of carbonyl (C=O) groups is 2. The number of aromatic nitrogens is 3. The Kier molecular flexibility index (Phi) is 5.28. The molecule has 1 aromatic heterocycles. The number of hydrogen-bond acceptors (Lipinski definition) is 4. The van der Waals surface area contributed by atoms with Gasteiger partial charge in [-0.3, -0.25) is 9.59 Å². The molecule has 7 nitrogen and oxygen atoms in total. The minimum atomic E-state index is -1.00. The first-order valence-corrected chi connectivity index (χ1v) is 7.67. The molecule has 0 fully saturated rings. The van der Waals surface area contributed by atoms with Crippen LogP contribution in [0.3, 0.4) is 0 Å². The number of benzene rings is 1. The Balaban J connectivity index is 1.99. The van der Waals surface area contributed by atoms with Gasteiger partial charge in [-0.15, -0.1) is 5.10 Å². The summed E-state index contributed by atoms with van der Waals surface area (Å²) >= 11 is 5.41. The monoisotopic (exact) mass is 464 g/mol. The van der Waals surface area contributed by atoms with Crippen LogP contribution in [0.5, 0.6) is 0 Å². The number of hydrogen-bond donors (Lipinski definition) is 2. The van der Waals surface area contributed by atoms with Crippen molar-refractivity contribution in [3.63, 3.8) is 0 Å². The molecule has 0 saturated heterocycles. The molecule has 1 heterocycles. The molecule has 0 saturated carbocycles. The number of carboxylic acid groups (broad SMARTS) is 1. The zero-order valence-corrected chi connectivity index (χ0v) is 14.3. The maximum Gasteiger partial charge on any atom is 0.325 e. The Hall–Kier alpha value is -1.49. The predicted molar refractivity (Wildman–Crippen MR) is 85.7 cm³/mol. The number of amides is 1. The van der Waals surface area contributed by atoms with E-state index in [1.807, 2.05) is 12.1 Å². The first kappa shape index (κ1) is 15.9. The van der Waals surface area contributed by atoms with Gasteiger partial charge in [0, 0.05) is 8.04 Å². The second-order valence-electron chi connectivity index (χ2n) is 4.11. The molecule has 1 amide bonds. The first-order chi connectivity index (χ1) is 9.95. The van der Waals surface area contributed by atoms with Crippen molar-refractivity contribution < 1.29 is 14.7 Å². The molecule has 2 N–H and O–H groups in total. The molecule has 0 aliphatic carbocycles. The average molecular weight is 465 g/mol. The molecular weight excluding hydrogens is 455 g/mol. The molecule has 21 heavy (non-hydrogen) atoms. The van der Waals surface area contributed by atoms with Gasteiger partial charge in [0.2, 0.25) is 0 Å². The van der Waals surface area contributed by atoms with E-state index in [1.54, 1.807) is 6.07 Å². The van der Waals surface area contributed by atoms with Gasteiger partial charge in [-0.25, -0.2) is 4.68 Å². The second kappa shape index (κ2) is 6.98. The highest BCUT2D eigenvalue weighted by Gasteiger charge is 2.11. The van der Waals surface area contributed by atoms with Crippen molar-refractivity contribution in [2.75, 3.05) is 0 Å². The number of nitrogens with one attached hydrogen (secondary N) is 1. The molecular formula is C12H10BrIN4O3. The van der Waals surface area contributed by atoms with E-state index >= 15 is 0 Å². The standard InChI is InChI=1S/C12H10BrIN4O3/c13-7-1-2-10(14)9(3-7)12(21)15-4-8-5-18(17-16-8)6-11(19)20/h1-3,5H,4,6H2,(H,15,21)(H,19,20). The van der Waals surface area contributed by atoms with Crippen molar-refractivity contribution in [1.29, 1.82) is 0 Å². The second-order valence-corrected chi connectivity index (χ2v) is 6.19. The zero-order chi connectivity index (χ0) is 15.4. The summed E-state index contributed by atoms with van der Waals surface area (Å²) in [6, 6.07) is 5.43. The molecule has 0 spiro atoms.